The van der Waals surface area contributed by atoms with Gasteiger partial charge in [0.15, 0.2) is 9.84 Å². The van der Waals surface area contributed by atoms with E-state index in [1.54, 1.807) is 20.8 Å². The molecule has 1 saturated heterocycles. The van der Waals surface area contributed by atoms with Gasteiger partial charge in [0.25, 0.3) is 0 Å². The third kappa shape index (κ3) is 3.70. The van der Waals surface area contributed by atoms with Crippen LogP contribution in [0.4, 0.5) is 0 Å². The number of rotatable bonds is 4. The Morgan fingerprint density at radius 2 is 2.00 bits per heavy atom. The van der Waals surface area contributed by atoms with Crippen LogP contribution in [0, 0.1) is 5.92 Å². The summed E-state index contributed by atoms with van der Waals surface area (Å²) in [5.41, 5.74) is 0. The molecular weight excluding hydrogens is 290 g/mol. The number of alkyl halides is 1. The van der Waals surface area contributed by atoms with Gasteiger partial charge in [-0.3, -0.25) is 0 Å². The third-order valence-corrected chi connectivity index (χ3v) is 6.70. The molecule has 0 spiro atoms. The molecule has 1 atom stereocenters. The van der Waals surface area contributed by atoms with Gasteiger partial charge in [0.2, 0.25) is 0 Å². The summed E-state index contributed by atoms with van der Waals surface area (Å²) >= 11 is 3.48. The Balaban J connectivity index is 2.42. The minimum Gasteiger partial charge on any atom is -0.302 e. The topological polar surface area (TPSA) is 37.4 Å². The van der Waals surface area contributed by atoms with E-state index in [-0.39, 0.29) is 5.75 Å². The normalized spacial score (nSPS) is 23.9. The van der Waals surface area contributed by atoms with Gasteiger partial charge in [-0.15, -0.1) is 0 Å². The highest BCUT2D eigenvalue weighted by atomic mass is 79.9. The van der Waals surface area contributed by atoms with Crippen LogP contribution < -0.4 is 0 Å². The molecule has 0 aromatic carbocycles. The quantitative estimate of drug-likeness (QED) is 0.744. The highest BCUT2D eigenvalue weighted by Crippen LogP contribution is 2.20. The first-order valence-corrected chi connectivity index (χ1v) is 8.54. The van der Waals surface area contributed by atoms with Crippen LogP contribution in [-0.4, -0.2) is 48.8 Å². The summed E-state index contributed by atoms with van der Waals surface area (Å²) in [5.74, 6) is 0.975. The van der Waals surface area contributed by atoms with Crippen molar-refractivity contribution in [2.45, 2.75) is 31.9 Å². The second-order valence-electron chi connectivity index (χ2n) is 5.54. The van der Waals surface area contributed by atoms with Gasteiger partial charge in [0, 0.05) is 18.4 Å². The van der Waals surface area contributed by atoms with E-state index >= 15 is 0 Å². The first-order valence-electron chi connectivity index (χ1n) is 5.77. The number of halogens is 1. The van der Waals surface area contributed by atoms with Crippen molar-refractivity contribution >= 4 is 25.8 Å². The van der Waals surface area contributed by atoms with E-state index in [1.807, 2.05) is 0 Å². The maximum absolute atomic E-state index is 11.9. The molecule has 0 aliphatic carbocycles. The molecule has 1 aliphatic rings. The Morgan fingerprint density at radius 1 is 1.38 bits per heavy atom. The molecule has 0 radical (unpaired) electrons. The molecule has 16 heavy (non-hydrogen) atoms. The van der Waals surface area contributed by atoms with Crippen molar-refractivity contribution in [3.8, 4) is 0 Å². The van der Waals surface area contributed by atoms with Gasteiger partial charge in [-0.25, -0.2) is 8.42 Å². The van der Waals surface area contributed by atoms with Gasteiger partial charge >= 0.3 is 0 Å². The number of likely N-dealkylation sites (tertiary alicyclic amines) is 1. The zero-order chi connectivity index (χ0) is 12.4. The fraction of sp³-hybridized carbons (Fsp3) is 1.00. The maximum atomic E-state index is 11.9. The molecular formula is C11H22BrNO2S. The highest BCUT2D eigenvalue weighted by Gasteiger charge is 2.30. The standard InChI is InChI=1S/C11H22BrNO2S/c1-11(2,3)16(14,15)7-6-13-5-4-10(8-12)9-13/h10H,4-9H2,1-3H3. The Morgan fingerprint density at radius 3 is 2.44 bits per heavy atom. The van der Waals surface area contributed by atoms with E-state index in [0.717, 1.165) is 18.4 Å². The lowest BCUT2D eigenvalue weighted by molar-refractivity contribution is 0.347. The summed E-state index contributed by atoms with van der Waals surface area (Å²) in [6, 6.07) is 0. The second kappa shape index (κ2) is 5.36. The largest absolute Gasteiger partial charge is 0.302 e. The van der Waals surface area contributed by atoms with Gasteiger partial charge in [0.1, 0.15) is 0 Å². The molecule has 0 aromatic rings. The molecule has 0 amide bonds. The number of hydrogen-bond donors (Lipinski definition) is 0. The van der Waals surface area contributed by atoms with Gasteiger partial charge in [0.05, 0.1) is 10.5 Å². The fourth-order valence-corrected chi connectivity index (χ4v) is 3.44. The molecule has 0 bridgehead atoms. The van der Waals surface area contributed by atoms with Gasteiger partial charge in [-0.2, -0.15) is 0 Å². The molecule has 0 aromatic heterocycles. The summed E-state index contributed by atoms with van der Waals surface area (Å²) in [5, 5.41) is 1.02. The molecule has 1 unspecified atom stereocenters. The van der Waals surface area contributed by atoms with Crippen molar-refractivity contribution in [2.24, 2.45) is 5.92 Å². The third-order valence-electron chi connectivity index (χ3n) is 3.20. The lowest BCUT2D eigenvalue weighted by atomic mass is 10.2. The van der Waals surface area contributed by atoms with Crippen LogP contribution in [0.1, 0.15) is 27.2 Å². The van der Waals surface area contributed by atoms with E-state index in [9.17, 15) is 8.42 Å². The lowest BCUT2D eigenvalue weighted by Crippen LogP contribution is -2.36. The van der Waals surface area contributed by atoms with Crippen molar-refractivity contribution in [1.29, 1.82) is 0 Å². The van der Waals surface area contributed by atoms with Crippen LogP contribution in [0.15, 0.2) is 0 Å². The van der Waals surface area contributed by atoms with E-state index in [1.165, 1.54) is 6.42 Å². The van der Waals surface area contributed by atoms with Crippen molar-refractivity contribution in [3.63, 3.8) is 0 Å². The predicted octanol–water partition coefficient (Wildman–Crippen LogP) is 1.92. The average molecular weight is 312 g/mol. The zero-order valence-electron chi connectivity index (χ0n) is 10.4. The van der Waals surface area contributed by atoms with Gasteiger partial charge in [-0.1, -0.05) is 15.9 Å². The predicted molar refractivity (Wildman–Crippen MR) is 71.9 cm³/mol. The summed E-state index contributed by atoms with van der Waals surface area (Å²) in [4.78, 5) is 2.26. The molecule has 0 N–H and O–H groups in total. The molecule has 5 heteroatoms. The number of hydrogen-bond acceptors (Lipinski definition) is 3. The average Bonchev–Trinajstić information content (AvgIpc) is 2.60. The molecule has 1 rings (SSSR count). The fourth-order valence-electron chi connectivity index (χ4n) is 1.80. The van der Waals surface area contributed by atoms with Crippen LogP contribution in [0.25, 0.3) is 0 Å². The van der Waals surface area contributed by atoms with Crippen LogP contribution in [-0.2, 0) is 9.84 Å². The van der Waals surface area contributed by atoms with Crippen LogP contribution in [0.3, 0.4) is 0 Å². The van der Waals surface area contributed by atoms with Crippen LogP contribution >= 0.6 is 15.9 Å². The van der Waals surface area contributed by atoms with Gasteiger partial charge < -0.3 is 4.90 Å². The minimum absolute atomic E-state index is 0.283. The molecule has 0 saturated carbocycles. The SMILES string of the molecule is CC(C)(C)S(=O)(=O)CCN1CCC(CBr)C1. The van der Waals surface area contributed by atoms with E-state index in [0.29, 0.717) is 12.5 Å². The second-order valence-corrected chi connectivity index (χ2v) is 9.05. The van der Waals surface area contributed by atoms with E-state index < -0.39 is 14.6 Å². The monoisotopic (exact) mass is 311 g/mol. The Bertz CT molecular complexity index is 321. The summed E-state index contributed by atoms with van der Waals surface area (Å²) < 4.78 is 23.2. The highest BCUT2D eigenvalue weighted by molar-refractivity contribution is 9.09. The number of sulfone groups is 1. The summed E-state index contributed by atoms with van der Waals surface area (Å²) in [7, 11) is -2.96. The summed E-state index contributed by atoms with van der Waals surface area (Å²) in [6.07, 6.45) is 1.18. The van der Waals surface area contributed by atoms with Gasteiger partial charge in [-0.05, 0) is 39.7 Å². The zero-order valence-corrected chi connectivity index (χ0v) is 12.8. The Hall–Kier alpha value is 0.390. The minimum atomic E-state index is -2.96. The van der Waals surface area contributed by atoms with E-state index in [4.69, 9.17) is 0 Å². The first kappa shape index (κ1) is 14.5. The molecule has 1 aliphatic heterocycles. The Labute approximate surface area is 108 Å². The first-order chi connectivity index (χ1) is 7.26. The maximum Gasteiger partial charge on any atom is 0.156 e. The van der Waals surface area contributed by atoms with Crippen molar-refractivity contribution in [1.82, 2.24) is 4.90 Å². The van der Waals surface area contributed by atoms with Crippen LogP contribution in [0.2, 0.25) is 0 Å². The van der Waals surface area contributed by atoms with Crippen molar-refractivity contribution < 1.29 is 8.42 Å². The van der Waals surface area contributed by atoms with Crippen LogP contribution in [0.5, 0.6) is 0 Å². The molecule has 1 heterocycles. The smallest absolute Gasteiger partial charge is 0.156 e. The Kier molecular flexibility index (Phi) is 4.84. The molecule has 3 nitrogen and oxygen atoms in total. The number of nitrogens with zero attached hydrogens (tertiary/aromatic N) is 1. The van der Waals surface area contributed by atoms with E-state index in [2.05, 4.69) is 20.8 Å². The van der Waals surface area contributed by atoms with Crippen molar-refractivity contribution in [2.75, 3.05) is 30.7 Å². The molecule has 1 fully saturated rings. The lowest BCUT2D eigenvalue weighted by Gasteiger charge is -2.22. The van der Waals surface area contributed by atoms with Crippen molar-refractivity contribution in [3.05, 3.63) is 0 Å². The summed E-state index contributed by atoms with van der Waals surface area (Å²) in [6.45, 7) is 8.07. The molecule has 96 valence electrons.